The average Bonchev–Trinajstić information content (AvgIpc) is 2.68. The van der Waals surface area contributed by atoms with Crippen LogP contribution < -0.4 is 14.4 Å². The maximum atomic E-state index is 5.86. The summed E-state index contributed by atoms with van der Waals surface area (Å²) in [6.07, 6.45) is 2.93. The number of hydrogen-bond donors (Lipinski definition) is 0. The third kappa shape index (κ3) is 4.64. The van der Waals surface area contributed by atoms with Crippen molar-refractivity contribution in [3.8, 4) is 11.5 Å². The normalized spacial score (nSPS) is 15.1. The zero-order chi connectivity index (χ0) is 18.4. The van der Waals surface area contributed by atoms with Gasteiger partial charge in [-0.2, -0.15) is 0 Å². The lowest BCUT2D eigenvalue weighted by atomic mass is 10.2. The van der Waals surface area contributed by atoms with Crippen LogP contribution >= 0.6 is 0 Å². The van der Waals surface area contributed by atoms with E-state index in [4.69, 9.17) is 9.47 Å². The van der Waals surface area contributed by atoms with Crippen molar-refractivity contribution in [2.75, 3.05) is 51.3 Å². The smallest absolute Gasteiger partial charge is 0.135 e. The molecule has 2 heterocycles. The Labute approximate surface area is 155 Å². The summed E-state index contributed by atoms with van der Waals surface area (Å²) in [6, 6.07) is 7.75. The summed E-state index contributed by atoms with van der Waals surface area (Å²) in [6.45, 7) is 9.74. The molecule has 0 atom stereocenters. The Kier molecular flexibility index (Phi) is 6.28. The molecule has 2 aromatic rings. The fourth-order valence-corrected chi connectivity index (χ4v) is 3.17. The maximum Gasteiger partial charge on any atom is 0.135 e. The molecule has 1 fully saturated rings. The Balaban J connectivity index is 1.47. The molecule has 0 bridgehead atoms. The zero-order valence-electron chi connectivity index (χ0n) is 15.9. The first-order valence-corrected chi connectivity index (χ1v) is 9.26. The van der Waals surface area contributed by atoms with Crippen LogP contribution in [0, 0.1) is 6.92 Å². The minimum atomic E-state index is 0.681. The van der Waals surface area contributed by atoms with Gasteiger partial charge in [0.05, 0.1) is 7.11 Å². The van der Waals surface area contributed by atoms with Crippen molar-refractivity contribution in [3.05, 3.63) is 41.9 Å². The Morgan fingerprint density at radius 2 is 1.88 bits per heavy atom. The van der Waals surface area contributed by atoms with Crippen LogP contribution in [0.5, 0.6) is 11.5 Å². The molecule has 0 aliphatic carbocycles. The van der Waals surface area contributed by atoms with Gasteiger partial charge in [0.15, 0.2) is 0 Å². The van der Waals surface area contributed by atoms with E-state index in [2.05, 4.69) is 26.7 Å². The van der Waals surface area contributed by atoms with E-state index in [-0.39, 0.29) is 0 Å². The van der Waals surface area contributed by atoms with Gasteiger partial charge in [-0.3, -0.25) is 4.90 Å². The Bertz CT molecular complexity index is 715. The van der Waals surface area contributed by atoms with E-state index in [0.717, 1.165) is 62.3 Å². The topological polar surface area (TPSA) is 50.7 Å². The SMILES string of the molecule is CCc1cnc(C)nc1N1CCN(CCOc2cccc(OC)c2)CC1. The van der Waals surface area contributed by atoms with E-state index in [0.29, 0.717) is 6.61 Å². The van der Waals surface area contributed by atoms with Gasteiger partial charge in [-0.15, -0.1) is 0 Å². The van der Waals surface area contributed by atoms with Gasteiger partial charge >= 0.3 is 0 Å². The van der Waals surface area contributed by atoms with Gasteiger partial charge in [0.1, 0.15) is 29.7 Å². The summed E-state index contributed by atoms with van der Waals surface area (Å²) in [7, 11) is 1.67. The molecule has 140 valence electrons. The van der Waals surface area contributed by atoms with E-state index in [1.54, 1.807) is 7.11 Å². The van der Waals surface area contributed by atoms with E-state index in [1.165, 1.54) is 5.56 Å². The van der Waals surface area contributed by atoms with Crippen molar-refractivity contribution in [2.24, 2.45) is 0 Å². The molecule has 6 nitrogen and oxygen atoms in total. The first kappa shape index (κ1) is 18.5. The zero-order valence-corrected chi connectivity index (χ0v) is 15.9. The molecule has 1 aromatic carbocycles. The summed E-state index contributed by atoms with van der Waals surface area (Å²) in [5.41, 5.74) is 1.23. The number of ether oxygens (including phenoxy) is 2. The summed E-state index contributed by atoms with van der Waals surface area (Å²) >= 11 is 0. The van der Waals surface area contributed by atoms with Crippen molar-refractivity contribution in [2.45, 2.75) is 20.3 Å². The summed E-state index contributed by atoms with van der Waals surface area (Å²) in [5, 5.41) is 0. The van der Waals surface area contributed by atoms with Gasteiger partial charge in [-0.05, 0) is 25.5 Å². The fourth-order valence-electron chi connectivity index (χ4n) is 3.17. The molecular formula is C20H28N4O2. The standard InChI is InChI=1S/C20H28N4O2/c1-4-17-15-21-16(2)22-20(17)24-10-8-23(9-11-24)12-13-26-19-7-5-6-18(14-19)25-3/h5-7,14-15H,4,8-13H2,1-3H3. The number of nitrogens with zero attached hydrogens (tertiary/aromatic N) is 4. The molecular weight excluding hydrogens is 328 g/mol. The van der Waals surface area contributed by atoms with Crippen molar-refractivity contribution in [3.63, 3.8) is 0 Å². The number of anilines is 1. The highest BCUT2D eigenvalue weighted by molar-refractivity contribution is 5.46. The van der Waals surface area contributed by atoms with Crippen molar-refractivity contribution in [1.82, 2.24) is 14.9 Å². The van der Waals surface area contributed by atoms with Gasteiger partial charge in [0, 0.05) is 50.6 Å². The first-order valence-electron chi connectivity index (χ1n) is 9.26. The minimum Gasteiger partial charge on any atom is -0.497 e. The predicted octanol–water partition coefficient (Wildman–Crippen LogP) is 2.56. The van der Waals surface area contributed by atoms with E-state index < -0.39 is 0 Å². The molecule has 1 aromatic heterocycles. The molecule has 0 saturated carbocycles. The molecule has 1 aliphatic heterocycles. The van der Waals surface area contributed by atoms with Crippen LogP contribution in [0.1, 0.15) is 18.3 Å². The van der Waals surface area contributed by atoms with E-state index in [1.807, 2.05) is 37.4 Å². The van der Waals surface area contributed by atoms with Crippen molar-refractivity contribution >= 4 is 5.82 Å². The molecule has 26 heavy (non-hydrogen) atoms. The predicted molar refractivity (Wildman–Crippen MR) is 103 cm³/mol. The molecule has 6 heteroatoms. The summed E-state index contributed by atoms with van der Waals surface area (Å²) in [5.74, 6) is 3.62. The van der Waals surface area contributed by atoms with Crippen LogP contribution in [0.25, 0.3) is 0 Å². The van der Waals surface area contributed by atoms with Crippen LogP contribution in [-0.2, 0) is 6.42 Å². The van der Waals surface area contributed by atoms with Gasteiger partial charge < -0.3 is 14.4 Å². The average molecular weight is 356 g/mol. The highest BCUT2D eigenvalue weighted by Crippen LogP contribution is 2.20. The van der Waals surface area contributed by atoms with Crippen LogP contribution in [0.2, 0.25) is 0 Å². The van der Waals surface area contributed by atoms with Crippen LogP contribution in [0.4, 0.5) is 5.82 Å². The Morgan fingerprint density at radius 1 is 1.12 bits per heavy atom. The maximum absolute atomic E-state index is 5.86. The Morgan fingerprint density at radius 3 is 2.62 bits per heavy atom. The van der Waals surface area contributed by atoms with Crippen molar-refractivity contribution in [1.29, 1.82) is 0 Å². The monoisotopic (exact) mass is 356 g/mol. The highest BCUT2D eigenvalue weighted by Gasteiger charge is 2.20. The van der Waals surface area contributed by atoms with Gasteiger partial charge in [-0.1, -0.05) is 13.0 Å². The van der Waals surface area contributed by atoms with Gasteiger partial charge in [0.2, 0.25) is 0 Å². The number of aryl methyl sites for hydroxylation is 2. The van der Waals surface area contributed by atoms with E-state index >= 15 is 0 Å². The minimum absolute atomic E-state index is 0.681. The molecule has 0 radical (unpaired) electrons. The lowest BCUT2D eigenvalue weighted by Gasteiger charge is -2.36. The Hall–Kier alpha value is -2.34. The first-order chi connectivity index (χ1) is 12.7. The molecule has 1 aliphatic rings. The summed E-state index contributed by atoms with van der Waals surface area (Å²) < 4.78 is 11.1. The van der Waals surface area contributed by atoms with Crippen LogP contribution in [0.3, 0.4) is 0 Å². The highest BCUT2D eigenvalue weighted by atomic mass is 16.5. The number of piperazine rings is 1. The molecule has 0 unspecified atom stereocenters. The second-order valence-electron chi connectivity index (χ2n) is 6.48. The van der Waals surface area contributed by atoms with Crippen LogP contribution in [0.15, 0.2) is 30.5 Å². The number of hydrogen-bond acceptors (Lipinski definition) is 6. The lowest BCUT2D eigenvalue weighted by Crippen LogP contribution is -2.48. The number of rotatable bonds is 7. The second kappa shape index (κ2) is 8.85. The second-order valence-corrected chi connectivity index (χ2v) is 6.48. The van der Waals surface area contributed by atoms with Gasteiger partial charge in [-0.25, -0.2) is 9.97 Å². The number of aromatic nitrogens is 2. The molecule has 3 rings (SSSR count). The molecule has 0 N–H and O–H groups in total. The fraction of sp³-hybridized carbons (Fsp3) is 0.500. The quantitative estimate of drug-likeness (QED) is 0.760. The number of benzene rings is 1. The van der Waals surface area contributed by atoms with Gasteiger partial charge in [0.25, 0.3) is 0 Å². The molecule has 0 amide bonds. The largest absolute Gasteiger partial charge is 0.497 e. The van der Waals surface area contributed by atoms with Crippen LogP contribution in [-0.4, -0.2) is 61.3 Å². The third-order valence-electron chi connectivity index (χ3n) is 4.73. The summed E-state index contributed by atoms with van der Waals surface area (Å²) in [4.78, 5) is 13.8. The number of methoxy groups -OCH3 is 1. The molecule has 1 saturated heterocycles. The molecule has 0 spiro atoms. The van der Waals surface area contributed by atoms with Crippen molar-refractivity contribution < 1.29 is 9.47 Å². The third-order valence-corrected chi connectivity index (χ3v) is 4.73. The van der Waals surface area contributed by atoms with E-state index in [9.17, 15) is 0 Å². The lowest BCUT2D eigenvalue weighted by molar-refractivity contribution is 0.200.